The molecule has 0 aliphatic heterocycles. The molecule has 2 rings (SSSR count). The molecule has 1 fully saturated rings. The first-order chi connectivity index (χ1) is 10.5. The average Bonchev–Trinajstić information content (AvgIpc) is 2.50. The molecule has 0 heterocycles. The van der Waals surface area contributed by atoms with Crippen LogP contribution in [0.15, 0.2) is 18.2 Å². The summed E-state index contributed by atoms with van der Waals surface area (Å²) in [5, 5.41) is 14.8. The lowest BCUT2D eigenvalue weighted by molar-refractivity contribution is -0.137. The number of anilines is 1. The Morgan fingerprint density at radius 3 is 2.59 bits per heavy atom. The number of aryl methyl sites for hydroxylation is 2. The first-order valence-corrected chi connectivity index (χ1v) is 7.81. The average molecular weight is 304 g/mol. The van der Waals surface area contributed by atoms with Gasteiger partial charge in [-0.25, -0.2) is 0 Å². The second kappa shape index (κ2) is 7.40. The topological polar surface area (TPSA) is 78.4 Å². The van der Waals surface area contributed by atoms with Crippen molar-refractivity contribution in [3.05, 3.63) is 29.3 Å². The molecule has 1 aliphatic carbocycles. The normalized spacial score (nSPS) is 21.2. The molecule has 0 saturated heterocycles. The minimum Gasteiger partial charge on any atom is -0.396 e. The van der Waals surface area contributed by atoms with Gasteiger partial charge in [-0.05, 0) is 38.3 Å². The minimum atomic E-state index is -0.658. The summed E-state index contributed by atoms with van der Waals surface area (Å²) in [5.41, 5.74) is 2.67. The van der Waals surface area contributed by atoms with Crippen LogP contribution >= 0.6 is 0 Å². The van der Waals surface area contributed by atoms with Gasteiger partial charge in [-0.2, -0.15) is 0 Å². The molecule has 0 spiro atoms. The highest BCUT2D eigenvalue weighted by atomic mass is 16.3. The summed E-state index contributed by atoms with van der Waals surface area (Å²) in [6, 6.07) is 5.53. The zero-order valence-electron chi connectivity index (χ0n) is 13.2. The van der Waals surface area contributed by atoms with Gasteiger partial charge in [0.15, 0.2) is 0 Å². The lowest BCUT2D eigenvalue weighted by Crippen LogP contribution is -2.47. The Morgan fingerprint density at radius 2 is 1.91 bits per heavy atom. The second-order valence-corrected chi connectivity index (χ2v) is 6.08. The predicted molar refractivity (Wildman–Crippen MR) is 85.5 cm³/mol. The zero-order chi connectivity index (χ0) is 16.1. The van der Waals surface area contributed by atoms with E-state index in [-0.39, 0.29) is 18.6 Å². The molecule has 2 atom stereocenters. The number of carbonyl (C=O) groups is 2. The number of aliphatic hydroxyl groups excluding tert-OH is 1. The molecule has 0 radical (unpaired) electrons. The summed E-state index contributed by atoms with van der Waals surface area (Å²) in [4.78, 5) is 24.1. The van der Waals surface area contributed by atoms with Gasteiger partial charge in [-0.1, -0.05) is 30.5 Å². The number of aliphatic hydroxyl groups is 1. The van der Waals surface area contributed by atoms with Crippen LogP contribution in [0.4, 0.5) is 5.69 Å². The third-order valence-corrected chi connectivity index (χ3v) is 4.30. The van der Waals surface area contributed by atoms with Crippen LogP contribution in [0, 0.1) is 19.8 Å². The smallest absolute Gasteiger partial charge is 0.313 e. The zero-order valence-corrected chi connectivity index (χ0v) is 13.2. The van der Waals surface area contributed by atoms with E-state index >= 15 is 0 Å². The maximum Gasteiger partial charge on any atom is 0.313 e. The molecule has 1 aromatic rings. The first kappa shape index (κ1) is 16.5. The molecule has 2 amide bonds. The Morgan fingerprint density at radius 1 is 1.18 bits per heavy atom. The van der Waals surface area contributed by atoms with Crippen molar-refractivity contribution in [2.75, 3.05) is 11.9 Å². The van der Waals surface area contributed by atoms with Gasteiger partial charge in [0.2, 0.25) is 0 Å². The summed E-state index contributed by atoms with van der Waals surface area (Å²) >= 11 is 0. The lowest BCUT2D eigenvalue weighted by atomic mass is 9.85. The summed E-state index contributed by atoms with van der Waals surface area (Å²) in [5.74, 6) is -1.24. The number of hydrogen-bond donors (Lipinski definition) is 3. The van der Waals surface area contributed by atoms with Crippen molar-refractivity contribution < 1.29 is 14.7 Å². The number of carbonyl (C=O) groups excluding carboxylic acids is 2. The summed E-state index contributed by atoms with van der Waals surface area (Å²) < 4.78 is 0. The number of hydrogen-bond acceptors (Lipinski definition) is 3. The largest absolute Gasteiger partial charge is 0.396 e. The van der Waals surface area contributed by atoms with Crippen molar-refractivity contribution in [2.45, 2.75) is 45.6 Å². The number of nitrogens with one attached hydrogen (secondary N) is 2. The third kappa shape index (κ3) is 4.07. The van der Waals surface area contributed by atoms with Gasteiger partial charge < -0.3 is 15.7 Å². The highest BCUT2D eigenvalue weighted by Gasteiger charge is 2.27. The fourth-order valence-electron chi connectivity index (χ4n) is 2.98. The van der Waals surface area contributed by atoms with Crippen LogP contribution in [0.1, 0.15) is 36.8 Å². The maximum absolute atomic E-state index is 12.1. The van der Waals surface area contributed by atoms with Crippen LogP contribution in [0.3, 0.4) is 0 Å². The van der Waals surface area contributed by atoms with E-state index in [4.69, 9.17) is 0 Å². The Labute approximate surface area is 131 Å². The van der Waals surface area contributed by atoms with Gasteiger partial charge in [-0.15, -0.1) is 0 Å². The summed E-state index contributed by atoms with van der Waals surface area (Å²) in [6.07, 6.45) is 3.78. The fraction of sp³-hybridized carbons (Fsp3) is 0.529. The molecule has 120 valence electrons. The van der Waals surface area contributed by atoms with Gasteiger partial charge in [-0.3, -0.25) is 9.59 Å². The van der Waals surface area contributed by atoms with Gasteiger partial charge in [0.1, 0.15) is 0 Å². The molecule has 3 N–H and O–H groups in total. The van der Waals surface area contributed by atoms with Crippen molar-refractivity contribution >= 4 is 17.5 Å². The molecule has 2 unspecified atom stereocenters. The second-order valence-electron chi connectivity index (χ2n) is 6.08. The first-order valence-electron chi connectivity index (χ1n) is 7.81. The summed E-state index contributed by atoms with van der Waals surface area (Å²) in [7, 11) is 0. The summed E-state index contributed by atoms with van der Waals surface area (Å²) in [6.45, 7) is 3.91. The maximum atomic E-state index is 12.1. The van der Waals surface area contributed by atoms with Crippen molar-refractivity contribution in [3.8, 4) is 0 Å². The van der Waals surface area contributed by atoms with E-state index in [0.717, 1.165) is 36.8 Å². The van der Waals surface area contributed by atoms with Crippen LogP contribution in [-0.4, -0.2) is 29.6 Å². The molecule has 5 nitrogen and oxygen atoms in total. The Hall–Kier alpha value is -1.88. The van der Waals surface area contributed by atoms with Gasteiger partial charge in [0.25, 0.3) is 0 Å². The molecular weight excluding hydrogens is 280 g/mol. The van der Waals surface area contributed by atoms with Gasteiger partial charge in [0, 0.05) is 24.3 Å². The quantitative estimate of drug-likeness (QED) is 0.746. The molecular formula is C17H24N2O3. The lowest BCUT2D eigenvalue weighted by Gasteiger charge is -2.30. The van der Waals surface area contributed by atoms with Crippen LogP contribution < -0.4 is 10.6 Å². The Kier molecular flexibility index (Phi) is 5.55. The van der Waals surface area contributed by atoms with Crippen molar-refractivity contribution in [2.24, 2.45) is 5.92 Å². The van der Waals surface area contributed by atoms with Crippen molar-refractivity contribution in [3.63, 3.8) is 0 Å². The SMILES string of the molecule is Cc1ccc(NC(=O)C(=O)NC2CCCCC2CO)c(C)c1. The third-order valence-electron chi connectivity index (χ3n) is 4.30. The molecule has 0 aromatic heterocycles. The fourth-order valence-corrected chi connectivity index (χ4v) is 2.98. The van der Waals surface area contributed by atoms with E-state index in [1.807, 2.05) is 26.0 Å². The molecule has 5 heteroatoms. The molecule has 0 bridgehead atoms. The van der Waals surface area contributed by atoms with Gasteiger partial charge in [0.05, 0.1) is 0 Å². The number of amides is 2. The predicted octanol–water partition coefficient (Wildman–Crippen LogP) is 1.91. The molecule has 1 aromatic carbocycles. The van der Waals surface area contributed by atoms with E-state index in [1.54, 1.807) is 6.07 Å². The highest BCUT2D eigenvalue weighted by Crippen LogP contribution is 2.24. The highest BCUT2D eigenvalue weighted by molar-refractivity contribution is 6.39. The van der Waals surface area contributed by atoms with Gasteiger partial charge >= 0.3 is 11.8 Å². The van der Waals surface area contributed by atoms with Crippen LogP contribution in [-0.2, 0) is 9.59 Å². The number of benzene rings is 1. The Balaban J connectivity index is 1.95. The van der Waals surface area contributed by atoms with Crippen molar-refractivity contribution in [1.29, 1.82) is 0 Å². The minimum absolute atomic E-state index is 0.0453. The van der Waals surface area contributed by atoms with Crippen LogP contribution in [0.25, 0.3) is 0 Å². The van der Waals surface area contributed by atoms with E-state index in [1.165, 1.54) is 0 Å². The monoisotopic (exact) mass is 304 g/mol. The van der Waals surface area contributed by atoms with Crippen LogP contribution in [0.2, 0.25) is 0 Å². The number of rotatable bonds is 3. The Bertz CT molecular complexity index is 557. The van der Waals surface area contributed by atoms with E-state index in [9.17, 15) is 14.7 Å². The standard InChI is InChI=1S/C17H24N2O3/c1-11-7-8-14(12(2)9-11)18-16(21)17(22)19-15-6-4-3-5-13(15)10-20/h7-9,13,15,20H,3-6,10H2,1-2H3,(H,18,21)(H,19,22). The van der Waals surface area contributed by atoms with Crippen LogP contribution in [0.5, 0.6) is 0 Å². The molecule has 22 heavy (non-hydrogen) atoms. The van der Waals surface area contributed by atoms with E-state index in [2.05, 4.69) is 10.6 Å². The van der Waals surface area contributed by atoms with E-state index in [0.29, 0.717) is 5.69 Å². The van der Waals surface area contributed by atoms with E-state index < -0.39 is 11.8 Å². The molecule has 1 saturated carbocycles. The van der Waals surface area contributed by atoms with Crippen molar-refractivity contribution in [1.82, 2.24) is 5.32 Å². The molecule has 1 aliphatic rings.